The summed E-state index contributed by atoms with van der Waals surface area (Å²) in [4.78, 5) is 8.37. The first-order valence-electron chi connectivity index (χ1n) is 5.56. The van der Waals surface area contributed by atoms with Gasteiger partial charge in [-0.15, -0.1) is 0 Å². The van der Waals surface area contributed by atoms with Crippen molar-refractivity contribution in [1.82, 2.24) is 4.98 Å². The number of rotatable bonds is 3. The Morgan fingerprint density at radius 2 is 2.00 bits per heavy atom. The number of aliphatic imine (C=N–C) groups is 1. The summed E-state index contributed by atoms with van der Waals surface area (Å²) in [5.41, 5.74) is 1.66. The molecule has 1 heterocycles. The van der Waals surface area contributed by atoms with E-state index in [-0.39, 0.29) is 0 Å². The van der Waals surface area contributed by atoms with Gasteiger partial charge in [0.1, 0.15) is 5.75 Å². The summed E-state index contributed by atoms with van der Waals surface area (Å²) in [5, 5.41) is 2.97. The molecular formula is C14H8N2OS2. The maximum Gasteiger partial charge on any atom is 0.279 e. The largest absolute Gasteiger partial charge is 0.431 e. The van der Waals surface area contributed by atoms with Gasteiger partial charge in [-0.3, -0.25) is 0 Å². The second-order valence-electron chi connectivity index (χ2n) is 3.75. The number of thiocarbonyl (C=S) groups is 1. The van der Waals surface area contributed by atoms with Crippen LogP contribution in [0.4, 0.5) is 5.69 Å². The number of isothiocyanates is 1. The van der Waals surface area contributed by atoms with Gasteiger partial charge in [0.2, 0.25) is 0 Å². The molecule has 0 radical (unpaired) electrons. The van der Waals surface area contributed by atoms with Crippen molar-refractivity contribution in [1.29, 1.82) is 0 Å². The summed E-state index contributed by atoms with van der Waals surface area (Å²) in [7, 11) is 0. The van der Waals surface area contributed by atoms with Gasteiger partial charge in [-0.1, -0.05) is 29.5 Å². The Morgan fingerprint density at radius 1 is 1.16 bits per heavy atom. The molecule has 3 aromatic rings. The Hall–Kier alpha value is -2.07. The summed E-state index contributed by atoms with van der Waals surface area (Å²) in [6, 6.07) is 15.3. The molecule has 0 spiro atoms. The molecule has 0 amide bonds. The standard InChI is InChI=1S/C14H8N2OS2/c18-9-15-10-6-7-12-13(8-10)19-14(16-12)17-11-4-2-1-3-5-11/h1-8H. The second kappa shape index (κ2) is 5.28. The first-order chi connectivity index (χ1) is 9.35. The van der Waals surface area contributed by atoms with Crippen LogP contribution in [0.25, 0.3) is 10.2 Å². The topological polar surface area (TPSA) is 34.5 Å². The molecule has 0 aliphatic heterocycles. The molecule has 3 nitrogen and oxygen atoms in total. The molecular weight excluding hydrogens is 276 g/mol. The maximum atomic E-state index is 5.70. The molecule has 2 aromatic carbocycles. The van der Waals surface area contributed by atoms with Crippen LogP contribution in [0, 0.1) is 0 Å². The SMILES string of the molecule is S=C=Nc1ccc2nc(Oc3ccccc3)sc2c1. The summed E-state index contributed by atoms with van der Waals surface area (Å²) < 4.78 is 6.72. The van der Waals surface area contributed by atoms with Crippen molar-refractivity contribution in [2.24, 2.45) is 4.99 Å². The predicted molar refractivity (Wildman–Crippen MR) is 80.8 cm³/mol. The Kier molecular flexibility index (Phi) is 3.33. The number of hydrogen-bond acceptors (Lipinski definition) is 5. The van der Waals surface area contributed by atoms with Crippen molar-refractivity contribution in [3.63, 3.8) is 0 Å². The monoisotopic (exact) mass is 284 g/mol. The highest BCUT2D eigenvalue weighted by molar-refractivity contribution is 7.78. The third-order valence-corrected chi connectivity index (χ3v) is 3.46. The zero-order valence-corrected chi connectivity index (χ0v) is 11.4. The van der Waals surface area contributed by atoms with E-state index in [9.17, 15) is 0 Å². The van der Waals surface area contributed by atoms with Gasteiger partial charge in [0.15, 0.2) is 0 Å². The van der Waals surface area contributed by atoms with Gasteiger partial charge >= 0.3 is 0 Å². The number of benzene rings is 2. The molecule has 3 rings (SSSR count). The number of thiazole rings is 1. The highest BCUT2D eigenvalue weighted by Gasteiger charge is 2.06. The Balaban J connectivity index is 1.95. The van der Waals surface area contributed by atoms with Crippen LogP contribution >= 0.6 is 23.6 Å². The van der Waals surface area contributed by atoms with E-state index in [1.165, 1.54) is 11.3 Å². The van der Waals surface area contributed by atoms with Crippen LogP contribution in [-0.2, 0) is 0 Å². The van der Waals surface area contributed by atoms with Crippen LogP contribution in [0.1, 0.15) is 0 Å². The van der Waals surface area contributed by atoms with Crippen LogP contribution in [-0.4, -0.2) is 10.1 Å². The lowest BCUT2D eigenvalue weighted by molar-refractivity contribution is 0.480. The molecule has 0 saturated carbocycles. The fourth-order valence-corrected chi connectivity index (χ4v) is 2.62. The van der Waals surface area contributed by atoms with Gasteiger partial charge in [-0.05, 0) is 42.5 Å². The minimum Gasteiger partial charge on any atom is -0.431 e. The molecule has 0 unspecified atom stereocenters. The maximum absolute atomic E-state index is 5.70. The molecule has 0 fully saturated rings. The van der Waals surface area contributed by atoms with Crippen LogP contribution in [0.5, 0.6) is 10.9 Å². The molecule has 0 aliphatic carbocycles. The molecule has 0 N–H and O–H groups in total. The van der Waals surface area contributed by atoms with Crippen LogP contribution < -0.4 is 4.74 Å². The van der Waals surface area contributed by atoms with E-state index >= 15 is 0 Å². The minimum absolute atomic E-state index is 0.615. The predicted octanol–water partition coefficient (Wildman–Crippen LogP) is 4.82. The first-order valence-corrected chi connectivity index (χ1v) is 6.79. The van der Waals surface area contributed by atoms with Crippen molar-refractivity contribution in [2.75, 3.05) is 0 Å². The lowest BCUT2D eigenvalue weighted by Gasteiger charge is -1.98. The van der Waals surface area contributed by atoms with E-state index < -0.39 is 0 Å². The van der Waals surface area contributed by atoms with Gasteiger partial charge in [-0.2, -0.15) is 4.99 Å². The second-order valence-corrected chi connectivity index (χ2v) is 4.93. The van der Waals surface area contributed by atoms with E-state index in [2.05, 4.69) is 27.4 Å². The van der Waals surface area contributed by atoms with Gasteiger partial charge in [0.05, 0.1) is 21.1 Å². The minimum atomic E-state index is 0.615. The van der Waals surface area contributed by atoms with E-state index in [0.717, 1.165) is 21.7 Å². The summed E-state index contributed by atoms with van der Waals surface area (Å²) in [6.07, 6.45) is 0. The average molecular weight is 284 g/mol. The normalized spacial score (nSPS) is 10.1. The zero-order chi connectivity index (χ0) is 13.1. The number of aromatic nitrogens is 1. The average Bonchev–Trinajstić information content (AvgIpc) is 2.82. The molecule has 92 valence electrons. The number of nitrogens with zero attached hydrogens (tertiary/aromatic N) is 2. The molecule has 1 aromatic heterocycles. The van der Waals surface area contributed by atoms with Crippen molar-refractivity contribution < 1.29 is 4.74 Å². The fraction of sp³-hybridized carbons (Fsp3) is 0. The Labute approximate surface area is 119 Å². The van der Waals surface area contributed by atoms with E-state index in [1.54, 1.807) is 0 Å². The molecule has 19 heavy (non-hydrogen) atoms. The van der Waals surface area contributed by atoms with E-state index in [1.807, 2.05) is 48.5 Å². The lowest BCUT2D eigenvalue weighted by Crippen LogP contribution is -1.81. The zero-order valence-electron chi connectivity index (χ0n) is 9.74. The van der Waals surface area contributed by atoms with E-state index in [0.29, 0.717) is 5.19 Å². The quantitative estimate of drug-likeness (QED) is 0.510. The highest BCUT2D eigenvalue weighted by Crippen LogP contribution is 2.33. The summed E-state index contributed by atoms with van der Waals surface area (Å²) in [6.45, 7) is 0. The van der Waals surface area contributed by atoms with Crippen molar-refractivity contribution >= 4 is 44.6 Å². The number of ether oxygens (including phenoxy) is 1. The molecule has 0 saturated heterocycles. The van der Waals surface area contributed by atoms with Crippen molar-refractivity contribution in [2.45, 2.75) is 0 Å². The van der Waals surface area contributed by atoms with Crippen LogP contribution in [0.3, 0.4) is 0 Å². The van der Waals surface area contributed by atoms with E-state index in [4.69, 9.17) is 4.74 Å². The number of fused-ring (bicyclic) bond motifs is 1. The molecule has 5 heteroatoms. The highest BCUT2D eigenvalue weighted by atomic mass is 32.1. The van der Waals surface area contributed by atoms with Gasteiger partial charge < -0.3 is 4.74 Å². The Bertz CT molecular complexity index is 761. The smallest absolute Gasteiger partial charge is 0.279 e. The van der Waals surface area contributed by atoms with Crippen molar-refractivity contribution in [3.05, 3.63) is 48.5 Å². The van der Waals surface area contributed by atoms with Gasteiger partial charge in [0, 0.05) is 0 Å². The van der Waals surface area contributed by atoms with Crippen molar-refractivity contribution in [3.8, 4) is 10.9 Å². The molecule has 0 atom stereocenters. The number of para-hydroxylation sites is 1. The summed E-state index contributed by atoms with van der Waals surface area (Å²) >= 11 is 6.07. The van der Waals surface area contributed by atoms with Crippen LogP contribution in [0.15, 0.2) is 53.5 Å². The third kappa shape index (κ3) is 2.69. The molecule has 0 bridgehead atoms. The Morgan fingerprint density at radius 3 is 2.79 bits per heavy atom. The van der Waals surface area contributed by atoms with Crippen LogP contribution in [0.2, 0.25) is 0 Å². The van der Waals surface area contributed by atoms with Gasteiger partial charge in [-0.25, -0.2) is 4.98 Å². The van der Waals surface area contributed by atoms with Gasteiger partial charge in [0.25, 0.3) is 5.19 Å². The molecule has 0 aliphatic rings. The third-order valence-electron chi connectivity index (χ3n) is 2.48. The number of hydrogen-bond donors (Lipinski definition) is 0. The summed E-state index contributed by atoms with van der Waals surface area (Å²) in [5.74, 6) is 0.777. The fourth-order valence-electron chi connectivity index (χ4n) is 1.65. The lowest BCUT2D eigenvalue weighted by atomic mass is 10.3. The first kappa shape index (κ1) is 12.0.